The van der Waals surface area contributed by atoms with Gasteiger partial charge in [0, 0.05) is 46.8 Å². The largest absolute Gasteiger partial charge is 0.416 e. The summed E-state index contributed by atoms with van der Waals surface area (Å²) in [5.41, 5.74) is 6.64. The van der Waals surface area contributed by atoms with Crippen molar-refractivity contribution >= 4 is 56.6 Å². The quantitative estimate of drug-likeness (QED) is 0.0523. The molecule has 11 nitrogen and oxygen atoms in total. The lowest BCUT2D eigenvalue weighted by Crippen LogP contribution is -2.21. The third-order valence-electron chi connectivity index (χ3n) is 8.69. The second kappa shape index (κ2) is 22.9. The molecule has 0 spiro atoms. The number of aryl methyl sites for hydroxylation is 4. The minimum absolute atomic E-state index is 0.0711. The van der Waals surface area contributed by atoms with E-state index in [1.807, 2.05) is 0 Å². The van der Waals surface area contributed by atoms with Crippen molar-refractivity contribution in [2.45, 2.75) is 60.8 Å². The average molecular weight is 866 g/mol. The van der Waals surface area contributed by atoms with Gasteiger partial charge in [-0.25, -0.2) is 0 Å². The molecule has 0 bridgehead atoms. The van der Waals surface area contributed by atoms with Gasteiger partial charge in [0.2, 0.25) is 0 Å². The summed E-state index contributed by atoms with van der Waals surface area (Å²) in [6.07, 6.45) is -8.94. The Morgan fingerprint density at radius 2 is 1.02 bits per heavy atom. The summed E-state index contributed by atoms with van der Waals surface area (Å²) in [4.78, 5) is 45.1. The highest BCUT2D eigenvalue weighted by Crippen LogP contribution is 2.36. The monoisotopic (exact) mass is 865 g/mol. The molecule has 0 radical (unpaired) electrons. The molecule has 324 valence electrons. The van der Waals surface area contributed by atoms with Crippen LogP contribution < -0.4 is 11.1 Å². The molecule has 4 aromatic carbocycles. The highest BCUT2D eigenvalue weighted by molar-refractivity contribution is 6.67. The topological polar surface area (TPSA) is 162 Å². The number of rotatable bonds is 10. The molecule has 4 rings (SSSR count). The van der Waals surface area contributed by atoms with Crippen LogP contribution in [0.25, 0.3) is 11.1 Å². The van der Waals surface area contributed by atoms with E-state index in [2.05, 4.69) is 44.1 Å². The zero-order valence-electron chi connectivity index (χ0n) is 34.0. The highest BCUT2D eigenvalue weighted by Gasteiger charge is 2.34. The van der Waals surface area contributed by atoms with Gasteiger partial charge < -0.3 is 16.0 Å². The van der Waals surface area contributed by atoms with E-state index in [1.54, 1.807) is 27.7 Å². The van der Waals surface area contributed by atoms with Gasteiger partial charge in [0.05, 0.1) is 21.0 Å². The number of nitro benzene ring substituents is 2. The van der Waals surface area contributed by atoms with Crippen LogP contribution in [0.1, 0.15) is 74.9 Å². The van der Waals surface area contributed by atoms with Gasteiger partial charge >= 0.3 is 12.4 Å². The van der Waals surface area contributed by atoms with Crippen LogP contribution >= 0.6 is 11.6 Å². The number of allylic oxidation sites excluding steroid dienone is 2. The number of nitrogens with one attached hydrogen (secondary N) is 1. The maximum absolute atomic E-state index is 12.8. The number of carbonyl (C=O) groups is 2. The third-order valence-corrected chi connectivity index (χ3v) is 8.91. The number of alkyl halides is 6. The fourth-order valence-corrected chi connectivity index (χ4v) is 5.29. The Balaban J connectivity index is 0.000000447. The molecule has 3 N–H and O–H groups in total. The van der Waals surface area contributed by atoms with Crippen molar-refractivity contribution in [3.05, 3.63) is 151 Å². The van der Waals surface area contributed by atoms with E-state index in [0.29, 0.717) is 33.6 Å². The predicted molar refractivity (Wildman–Crippen MR) is 224 cm³/mol. The van der Waals surface area contributed by atoms with E-state index < -0.39 is 44.5 Å². The summed E-state index contributed by atoms with van der Waals surface area (Å²) < 4.78 is 75.5. The van der Waals surface area contributed by atoms with Crippen LogP contribution in [0, 0.1) is 47.9 Å². The van der Waals surface area contributed by atoms with Crippen molar-refractivity contribution in [3.8, 4) is 0 Å². The zero-order chi connectivity index (χ0) is 46.3. The number of nitro groups is 2. The molecule has 0 unspecified atom stereocenters. The molecule has 18 heteroatoms. The molecule has 0 aromatic heterocycles. The lowest BCUT2D eigenvalue weighted by atomic mass is 9.99. The molecule has 1 amide bonds. The summed E-state index contributed by atoms with van der Waals surface area (Å²) in [7, 11) is 0. The maximum atomic E-state index is 12.8. The third kappa shape index (κ3) is 15.9. The van der Waals surface area contributed by atoms with E-state index in [-0.39, 0.29) is 33.6 Å². The van der Waals surface area contributed by atoms with Crippen molar-refractivity contribution in [1.29, 1.82) is 0 Å². The van der Waals surface area contributed by atoms with Gasteiger partial charge in [-0.2, -0.15) is 26.3 Å². The zero-order valence-corrected chi connectivity index (χ0v) is 34.7. The van der Waals surface area contributed by atoms with Gasteiger partial charge in [0.1, 0.15) is 0 Å². The number of hydrogen-bond donors (Lipinski definition) is 2. The summed E-state index contributed by atoms with van der Waals surface area (Å²) in [6.45, 7) is 22.7. The number of nitrogens with two attached hydrogens (primary N) is 1. The molecule has 0 saturated heterocycles. The summed E-state index contributed by atoms with van der Waals surface area (Å²) >= 11 is 5.12. The first-order valence-corrected chi connectivity index (χ1v) is 18.3. The van der Waals surface area contributed by atoms with Crippen molar-refractivity contribution in [2.24, 2.45) is 0 Å². The number of amides is 1. The lowest BCUT2D eigenvalue weighted by molar-refractivity contribution is -0.385. The molecule has 0 atom stereocenters. The number of carbonyl (C=O) groups excluding carboxylic acids is 2. The van der Waals surface area contributed by atoms with Crippen molar-refractivity contribution in [1.82, 2.24) is 4.90 Å². The van der Waals surface area contributed by atoms with E-state index in [9.17, 15) is 56.2 Å². The molecule has 60 heavy (non-hydrogen) atoms. The number of non-ortho nitro benzene ring substituents is 2. The summed E-state index contributed by atoms with van der Waals surface area (Å²) in [5.74, 6) is -0.595. The SMILES string of the molecule is C=C(c1cc(C)c(N)c(C)c1)C(F)(F)F.C=C(c1cc(C)c(NC(=O)c2cccc([N+](=O)[O-])c2)c(C)c1)C(F)(F)F.CCN(CC)CC.O=C(Cl)c1cccc([N+](=O)[O-])c1. The van der Waals surface area contributed by atoms with E-state index in [0.717, 1.165) is 12.1 Å². The average Bonchev–Trinajstić information content (AvgIpc) is 3.18. The molecule has 0 heterocycles. The molecule has 4 aromatic rings. The van der Waals surface area contributed by atoms with Crippen LogP contribution in [-0.2, 0) is 0 Å². The molecule has 0 fully saturated rings. The Labute approximate surface area is 348 Å². The molecular weight excluding hydrogens is 820 g/mol. The van der Waals surface area contributed by atoms with Gasteiger partial charge in [-0.3, -0.25) is 29.8 Å². The standard InChI is InChI=1S/C18H15F3N2O3.C11H12F3N.C7H4ClNO3.C6H15N/c1-10-7-14(12(3)18(19,20)21)8-11(2)16(10)22-17(24)13-5-4-6-15(9-13)23(25)26;1-6-4-9(5-7(2)10(6)15)8(3)11(12,13)14;8-7(10)5-2-1-3-6(4-5)9(11)12;1-4-7(5-2)6-3/h4-9H,3H2,1-2H3,(H,22,24);4-5H,3,15H2,1-2H3;1-4H;4-6H2,1-3H3. The number of nitrogens with zero attached hydrogens (tertiary/aromatic N) is 3. The van der Waals surface area contributed by atoms with Gasteiger partial charge in [-0.15, -0.1) is 0 Å². The second-order valence-electron chi connectivity index (χ2n) is 12.9. The fraction of sp³-hybridized carbons (Fsp3) is 0.286. The minimum atomic E-state index is -4.55. The van der Waals surface area contributed by atoms with Gasteiger partial charge in [-0.1, -0.05) is 46.1 Å². The van der Waals surface area contributed by atoms with Crippen molar-refractivity contribution in [3.63, 3.8) is 0 Å². The first kappa shape index (κ1) is 51.9. The molecule has 0 aliphatic carbocycles. The Morgan fingerprint density at radius 1 is 0.667 bits per heavy atom. The predicted octanol–water partition coefficient (Wildman–Crippen LogP) is 11.8. The van der Waals surface area contributed by atoms with Crippen LogP contribution in [0.4, 0.5) is 49.1 Å². The normalized spacial score (nSPS) is 10.8. The lowest BCUT2D eigenvalue weighted by Gasteiger charge is -2.16. The van der Waals surface area contributed by atoms with Crippen LogP contribution in [0.15, 0.2) is 86.0 Å². The number of benzene rings is 4. The number of hydrogen-bond acceptors (Lipinski definition) is 8. The Bertz CT molecular complexity index is 2120. The number of nitrogen functional groups attached to an aromatic ring is 1. The second-order valence-corrected chi connectivity index (χ2v) is 13.3. The first-order chi connectivity index (χ1) is 27.7. The fourth-order valence-electron chi connectivity index (χ4n) is 5.17. The van der Waals surface area contributed by atoms with Gasteiger partial charge in [0.25, 0.3) is 22.5 Å². The summed E-state index contributed by atoms with van der Waals surface area (Å²) in [6, 6.07) is 15.8. The highest BCUT2D eigenvalue weighted by atomic mass is 35.5. The maximum Gasteiger partial charge on any atom is 0.416 e. The molecular formula is C42H46ClF6N5O6. The number of halogens is 7. The molecule has 0 aliphatic rings. The Morgan fingerprint density at radius 3 is 1.33 bits per heavy atom. The van der Waals surface area contributed by atoms with Gasteiger partial charge in [-0.05, 0) is 129 Å². The van der Waals surface area contributed by atoms with Crippen LogP contribution in [0.2, 0.25) is 0 Å². The Hall–Kier alpha value is -6.07. The van der Waals surface area contributed by atoms with E-state index in [1.165, 1.54) is 80.3 Å². The van der Waals surface area contributed by atoms with Crippen molar-refractivity contribution < 1.29 is 45.8 Å². The van der Waals surface area contributed by atoms with E-state index in [4.69, 9.17) is 17.3 Å². The van der Waals surface area contributed by atoms with Crippen LogP contribution in [-0.4, -0.2) is 57.9 Å². The van der Waals surface area contributed by atoms with Crippen LogP contribution in [0.5, 0.6) is 0 Å². The van der Waals surface area contributed by atoms with Crippen molar-refractivity contribution in [2.75, 3.05) is 30.7 Å². The number of anilines is 2. The minimum Gasteiger partial charge on any atom is -0.398 e. The Kier molecular flexibility index (Phi) is 19.8. The molecule has 0 aliphatic heterocycles. The first-order valence-electron chi connectivity index (χ1n) is 17.9. The van der Waals surface area contributed by atoms with Gasteiger partial charge in [0.15, 0.2) is 0 Å². The smallest absolute Gasteiger partial charge is 0.398 e. The van der Waals surface area contributed by atoms with E-state index >= 15 is 0 Å². The summed E-state index contributed by atoms with van der Waals surface area (Å²) in [5, 5.41) is 22.9. The molecule has 0 saturated carbocycles. The van der Waals surface area contributed by atoms with Crippen LogP contribution in [0.3, 0.4) is 0 Å².